The third-order valence-corrected chi connectivity index (χ3v) is 4.66. The lowest BCUT2D eigenvalue weighted by Gasteiger charge is -2.21. The summed E-state index contributed by atoms with van der Waals surface area (Å²) >= 11 is 0. The van der Waals surface area contributed by atoms with E-state index in [0.717, 1.165) is 5.92 Å². The molecular weight excluding hydrogens is 247 g/mol. The molecule has 1 saturated carbocycles. The second-order valence-corrected chi connectivity index (χ2v) is 6.78. The van der Waals surface area contributed by atoms with Crippen LogP contribution in [0, 0.1) is 5.92 Å². The third kappa shape index (κ3) is 14.6. The second kappa shape index (κ2) is 16.5. The van der Waals surface area contributed by atoms with Gasteiger partial charge in [0.15, 0.2) is 0 Å². The average molecular weight is 286 g/mol. The van der Waals surface area contributed by atoms with Crippen LogP contribution in [0.2, 0.25) is 0 Å². The molecule has 1 unspecified atom stereocenters. The van der Waals surface area contributed by atoms with Gasteiger partial charge < -0.3 is 0 Å². The standard InChI is InChI=1S/C12H24.C6H15P/c1-2-3-4-6-9-12-10-7-5-8-11-12;1-2-3-4-5-6-7/h12H,2-11H2,1H3;2-7H2,1H3. The average Bonchev–Trinajstić information content (AvgIpc) is 2.46. The van der Waals surface area contributed by atoms with Gasteiger partial charge in [0.05, 0.1) is 0 Å². The summed E-state index contributed by atoms with van der Waals surface area (Å²) in [4.78, 5) is 0. The van der Waals surface area contributed by atoms with Crippen LogP contribution in [0.3, 0.4) is 0 Å². The zero-order chi connectivity index (χ0) is 14.2. The highest BCUT2D eigenvalue weighted by atomic mass is 31.0. The Labute approximate surface area is 125 Å². The summed E-state index contributed by atoms with van der Waals surface area (Å²) < 4.78 is 0. The molecule has 1 aliphatic rings. The fraction of sp³-hybridized carbons (Fsp3) is 1.00. The van der Waals surface area contributed by atoms with Gasteiger partial charge in [-0.25, -0.2) is 0 Å². The van der Waals surface area contributed by atoms with Gasteiger partial charge in [0, 0.05) is 0 Å². The van der Waals surface area contributed by atoms with Gasteiger partial charge in [-0.2, -0.15) is 0 Å². The summed E-state index contributed by atoms with van der Waals surface area (Å²) in [6.07, 6.45) is 21.8. The van der Waals surface area contributed by atoms with Gasteiger partial charge in [-0.05, 0) is 18.5 Å². The Bertz CT molecular complexity index is 146. The number of rotatable bonds is 9. The third-order valence-electron chi connectivity index (χ3n) is 4.25. The summed E-state index contributed by atoms with van der Waals surface area (Å²) in [7, 11) is 2.75. The Balaban J connectivity index is 0.000000399. The van der Waals surface area contributed by atoms with Gasteiger partial charge in [-0.1, -0.05) is 97.3 Å². The highest BCUT2D eigenvalue weighted by Crippen LogP contribution is 2.27. The lowest BCUT2D eigenvalue weighted by atomic mass is 9.85. The van der Waals surface area contributed by atoms with Crippen LogP contribution >= 0.6 is 9.24 Å². The lowest BCUT2D eigenvalue weighted by Crippen LogP contribution is -2.05. The van der Waals surface area contributed by atoms with Gasteiger partial charge in [0.2, 0.25) is 0 Å². The molecule has 116 valence electrons. The van der Waals surface area contributed by atoms with Crippen molar-refractivity contribution in [3.63, 3.8) is 0 Å². The monoisotopic (exact) mass is 286 g/mol. The Morgan fingerprint density at radius 2 is 1.32 bits per heavy atom. The predicted molar refractivity (Wildman–Crippen MR) is 94.1 cm³/mol. The molecule has 0 N–H and O–H groups in total. The molecule has 0 radical (unpaired) electrons. The highest BCUT2D eigenvalue weighted by Gasteiger charge is 2.11. The van der Waals surface area contributed by atoms with E-state index in [-0.39, 0.29) is 0 Å². The number of hydrogen-bond acceptors (Lipinski definition) is 0. The van der Waals surface area contributed by atoms with Crippen molar-refractivity contribution in [2.75, 3.05) is 6.16 Å². The first kappa shape index (κ1) is 19.4. The van der Waals surface area contributed by atoms with Gasteiger partial charge >= 0.3 is 0 Å². The maximum Gasteiger partial charge on any atom is -0.0381 e. The van der Waals surface area contributed by atoms with Crippen molar-refractivity contribution in [2.24, 2.45) is 5.92 Å². The van der Waals surface area contributed by atoms with Crippen LogP contribution in [0.4, 0.5) is 0 Å². The molecule has 1 heteroatoms. The minimum absolute atomic E-state index is 1.11. The van der Waals surface area contributed by atoms with E-state index in [4.69, 9.17) is 0 Å². The van der Waals surface area contributed by atoms with E-state index in [1.165, 1.54) is 96.1 Å². The predicted octanol–water partition coefficient (Wildman–Crippen LogP) is 6.98. The minimum atomic E-state index is 1.11. The maximum absolute atomic E-state index is 2.75. The lowest BCUT2D eigenvalue weighted by molar-refractivity contribution is 0.328. The summed E-state index contributed by atoms with van der Waals surface area (Å²) in [5.74, 6) is 1.11. The van der Waals surface area contributed by atoms with Gasteiger partial charge in [0.25, 0.3) is 0 Å². The summed E-state index contributed by atoms with van der Waals surface area (Å²) in [5, 5.41) is 0. The van der Waals surface area contributed by atoms with Crippen LogP contribution in [0.1, 0.15) is 104 Å². The van der Waals surface area contributed by atoms with E-state index in [9.17, 15) is 0 Å². The van der Waals surface area contributed by atoms with Gasteiger partial charge in [-0.3, -0.25) is 0 Å². The second-order valence-electron chi connectivity index (χ2n) is 6.20. The quantitative estimate of drug-likeness (QED) is 0.317. The fourth-order valence-electron chi connectivity index (χ4n) is 2.91. The van der Waals surface area contributed by atoms with E-state index in [1.807, 2.05) is 0 Å². The molecule has 1 aliphatic carbocycles. The van der Waals surface area contributed by atoms with Crippen molar-refractivity contribution in [3.8, 4) is 0 Å². The zero-order valence-electron chi connectivity index (χ0n) is 13.8. The fourth-order valence-corrected chi connectivity index (χ4v) is 3.20. The van der Waals surface area contributed by atoms with Crippen LogP contribution < -0.4 is 0 Å². The van der Waals surface area contributed by atoms with Crippen molar-refractivity contribution in [3.05, 3.63) is 0 Å². The van der Waals surface area contributed by atoms with E-state index < -0.39 is 0 Å². The van der Waals surface area contributed by atoms with E-state index in [1.54, 1.807) is 0 Å². The van der Waals surface area contributed by atoms with Crippen molar-refractivity contribution >= 4 is 9.24 Å². The van der Waals surface area contributed by atoms with Crippen LogP contribution in [-0.2, 0) is 0 Å². The number of unbranched alkanes of at least 4 members (excludes halogenated alkanes) is 6. The first-order chi connectivity index (χ1) is 9.35. The molecule has 19 heavy (non-hydrogen) atoms. The molecule has 0 spiro atoms. The molecule has 1 rings (SSSR count). The van der Waals surface area contributed by atoms with Crippen LogP contribution in [0.25, 0.3) is 0 Å². The maximum atomic E-state index is 2.75. The Kier molecular flexibility index (Phi) is 16.9. The molecule has 0 aromatic heterocycles. The van der Waals surface area contributed by atoms with Crippen LogP contribution in [-0.4, -0.2) is 6.16 Å². The Morgan fingerprint density at radius 1 is 0.737 bits per heavy atom. The Morgan fingerprint density at radius 3 is 1.84 bits per heavy atom. The molecule has 0 aromatic carbocycles. The molecule has 0 amide bonds. The smallest absolute Gasteiger partial charge is 0.0381 e. The SMILES string of the molecule is CCCCCCC1CCCCC1.CCCCCCP. The summed E-state index contributed by atoms with van der Waals surface area (Å²) in [5.41, 5.74) is 0. The van der Waals surface area contributed by atoms with E-state index in [2.05, 4.69) is 23.1 Å². The molecule has 0 aromatic rings. The summed E-state index contributed by atoms with van der Waals surface area (Å²) in [6.45, 7) is 4.53. The largest absolute Gasteiger partial charge is 0.138 e. The Hall–Kier alpha value is 0.430. The van der Waals surface area contributed by atoms with Gasteiger partial charge in [-0.15, -0.1) is 9.24 Å². The van der Waals surface area contributed by atoms with Crippen molar-refractivity contribution in [1.82, 2.24) is 0 Å². The minimum Gasteiger partial charge on any atom is -0.138 e. The van der Waals surface area contributed by atoms with Crippen molar-refractivity contribution in [1.29, 1.82) is 0 Å². The first-order valence-electron chi connectivity index (χ1n) is 9.05. The molecular formula is C18H39P. The zero-order valence-corrected chi connectivity index (χ0v) is 14.9. The molecule has 0 heterocycles. The normalized spacial score (nSPS) is 15.9. The molecule has 0 saturated heterocycles. The van der Waals surface area contributed by atoms with Gasteiger partial charge in [0.1, 0.15) is 0 Å². The highest BCUT2D eigenvalue weighted by molar-refractivity contribution is 7.16. The van der Waals surface area contributed by atoms with E-state index in [0.29, 0.717) is 0 Å². The molecule has 0 nitrogen and oxygen atoms in total. The molecule has 1 fully saturated rings. The summed E-state index contributed by atoms with van der Waals surface area (Å²) in [6, 6.07) is 0. The van der Waals surface area contributed by atoms with Crippen molar-refractivity contribution in [2.45, 2.75) is 104 Å². The first-order valence-corrected chi connectivity index (χ1v) is 9.86. The molecule has 1 atom stereocenters. The number of hydrogen-bond donors (Lipinski definition) is 0. The van der Waals surface area contributed by atoms with E-state index >= 15 is 0 Å². The topological polar surface area (TPSA) is 0 Å². The molecule has 0 aliphatic heterocycles. The van der Waals surface area contributed by atoms with Crippen LogP contribution in [0.15, 0.2) is 0 Å². The molecule has 0 bridgehead atoms. The van der Waals surface area contributed by atoms with Crippen molar-refractivity contribution < 1.29 is 0 Å². The van der Waals surface area contributed by atoms with Crippen LogP contribution in [0.5, 0.6) is 0 Å².